The van der Waals surface area contributed by atoms with Crippen molar-refractivity contribution in [2.24, 2.45) is 0 Å². The molecule has 7 aromatic carbocycles. The summed E-state index contributed by atoms with van der Waals surface area (Å²) >= 11 is 1.79. The molecule has 0 aliphatic carbocycles. The lowest BCUT2D eigenvalue weighted by Gasteiger charge is -2.11. The molecule has 0 saturated carbocycles. The molecule has 2 heterocycles. The molecule has 0 radical (unpaired) electrons. The zero-order valence-corrected chi connectivity index (χ0v) is 27.3. The van der Waals surface area contributed by atoms with Crippen molar-refractivity contribution < 1.29 is 0 Å². The minimum Gasteiger partial charge on any atom is -0.208 e. The largest absolute Gasteiger partial charge is 0.208 e. The lowest BCUT2D eigenvalue weighted by Crippen LogP contribution is -2.00. The van der Waals surface area contributed by atoms with E-state index in [2.05, 4.69) is 164 Å². The van der Waals surface area contributed by atoms with Gasteiger partial charge in [0.1, 0.15) is 0 Å². The highest BCUT2D eigenvalue weighted by Gasteiger charge is 2.17. The smallest absolute Gasteiger partial charge is 0.165 e. The number of thiophene rings is 1. The van der Waals surface area contributed by atoms with Crippen LogP contribution in [0.1, 0.15) is 0 Å². The Morgan fingerprint density at radius 1 is 0.306 bits per heavy atom. The van der Waals surface area contributed by atoms with Crippen LogP contribution in [0.4, 0.5) is 0 Å². The van der Waals surface area contributed by atoms with Crippen LogP contribution in [0.5, 0.6) is 0 Å². The summed E-state index contributed by atoms with van der Waals surface area (Å²) in [6.45, 7) is 0. The summed E-state index contributed by atoms with van der Waals surface area (Å²) in [6.07, 6.45) is 0. The second-order valence-corrected chi connectivity index (χ2v) is 13.1. The third-order valence-corrected chi connectivity index (χ3v) is 10.2. The van der Waals surface area contributed by atoms with E-state index in [1.807, 2.05) is 12.1 Å². The first-order chi connectivity index (χ1) is 24.3. The number of hydrogen-bond donors (Lipinski definition) is 0. The summed E-state index contributed by atoms with van der Waals surface area (Å²) in [6, 6.07) is 61.6. The van der Waals surface area contributed by atoms with E-state index in [0.29, 0.717) is 17.5 Å². The fraction of sp³-hybridized carbons (Fsp3) is 0. The molecule has 0 spiro atoms. The Morgan fingerprint density at radius 2 is 0.776 bits per heavy atom. The van der Waals surface area contributed by atoms with Gasteiger partial charge in [-0.3, -0.25) is 0 Å². The van der Waals surface area contributed by atoms with Gasteiger partial charge >= 0.3 is 0 Å². The van der Waals surface area contributed by atoms with Gasteiger partial charge in [0.05, 0.1) is 0 Å². The van der Waals surface area contributed by atoms with Crippen molar-refractivity contribution in [2.75, 3.05) is 0 Å². The highest BCUT2D eigenvalue weighted by molar-refractivity contribution is 7.26. The Labute approximate surface area is 288 Å². The Kier molecular flexibility index (Phi) is 7.34. The van der Waals surface area contributed by atoms with E-state index >= 15 is 0 Å². The van der Waals surface area contributed by atoms with Gasteiger partial charge in [-0.2, -0.15) is 0 Å². The van der Waals surface area contributed by atoms with Crippen LogP contribution in [0.2, 0.25) is 0 Å². The van der Waals surface area contributed by atoms with Crippen LogP contribution in [0, 0.1) is 0 Å². The van der Waals surface area contributed by atoms with Crippen LogP contribution in [0.3, 0.4) is 0 Å². The number of nitrogens with zero attached hydrogens (tertiary/aromatic N) is 3. The third-order valence-electron chi connectivity index (χ3n) is 8.96. The molecule has 3 nitrogen and oxygen atoms in total. The maximum atomic E-state index is 5.17. The average Bonchev–Trinajstić information content (AvgIpc) is 3.57. The number of rotatable bonds is 6. The molecule has 0 aliphatic rings. The monoisotopic (exact) mass is 643 g/mol. The summed E-state index contributed by atoms with van der Waals surface area (Å²) in [5, 5.41) is 2.45. The summed E-state index contributed by atoms with van der Waals surface area (Å²) in [5.41, 5.74) is 9.92. The SMILES string of the molecule is c1ccc(-c2ccc(-c3nc(-c4cccc(-c5ccccc5)c4)nc(-c4cccc5c4sc4ccc(-c6ccccc6)cc45)n3)cc2)cc1. The van der Waals surface area contributed by atoms with E-state index in [1.54, 1.807) is 11.3 Å². The molecule has 0 saturated heterocycles. The van der Waals surface area contributed by atoms with Crippen molar-refractivity contribution in [3.63, 3.8) is 0 Å². The van der Waals surface area contributed by atoms with E-state index in [1.165, 1.54) is 36.9 Å². The number of aromatic nitrogens is 3. The topological polar surface area (TPSA) is 38.7 Å². The maximum Gasteiger partial charge on any atom is 0.165 e. The van der Waals surface area contributed by atoms with Crippen LogP contribution >= 0.6 is 11.3 Å². The molecule has 49 heavy (non-hydrogen) atoms. The van der Waals surface area contributed by atoms with Gasteiger partial charge < -0.3 is 0 Å². The zero-order chi connectivity index (χ0) is 32.6. The van der Waals surface area contributed by atoms with Gasteiger partial charge in [-0.15, -0.1) is 11.3 Å². The molecule has 0 aliphatic heterocycles. The molecule has 0 N–H and O–H groups in total. The molecule has 2 aromatic heterocycles. The van der Waals surface area contributed by atoms with E-state index < -0.39 is 0 Å². The first kappa shape index (κ1) is 29.0. The van der Waals surface area contributed by atoms with Gasteiger partial charge in [0.15, 0.2) is 17.5 Å². The predicted molar refractivity (Wildman–Crippen MR) is 205 cm³/mol. The molecule has 0 amide bonds. The molecule has 0 fully saturated rings. The van der Waals surface area contributed by atoms with E-state index in [-0.39, 0.29) is 0 Å². The lowest BCUT2D eigenvalue weighted by molar-refractivity contribution is 1.08. The van der Waals surface area contributed by atoms with Crippen LogP contribution in [-0.2, 0) is 0 Å². The Balaban J connectivity index is 1.21. The van der Waals surface area contributed by atoms with Crippen molar-refractivity contribution in [3.05, 3.63) is 176 Å². The fourth-order valence-corrected chi connectivity index (χ4v) is 7.64. The minimum absolute atomic E-state index is 0.647. The molecule has 9 rings (SSSR count). The second kappa shape index (κ2) is 12.4. The van der Waals surface area contributed by atoms with Gasteiger partial charge in [-0.05, 0) is 57.6 Å². The molecule has 230 valence electrons. The summed E-state index contributed by atoms with van der Waals surface area (Å²) in [5.74, 6) is 1.96. The quantitative estimate of drug-likeness (QED) is 0.181. The van der Waals surface area contributed by atoms with Gasteiger partial charge in [-0.25, -0.2) is 15.0 Å². The standard InChI is InChI=1S/C45H29N3S/c1-4-12-30(13-5-1)33-22-24-34(25-23-33)43-46-44(37-19-10-18-35(28-37)31-14-6-2-7-15-31)48-45(47-43)39-21-11-20-38-40-29-36(32-16-8-3-9-17-32)26-27-41(40)49-42(38)39/h1-29H. The van der Waals surface area contributed by atoms with E-state index in [0.717, 1.165) is 33.4 Å². The van der Waals surface area contributed by atoms with Crippen LogP contribution in [0.25, 0.3) is 87.7 Å². The normalized spacial score (nSPS) is 11.3. The second-order valence-electron chi connectivity index (χ2n) is 12.1. The Morgan fingerprint density at radius 3 is 1.45 bits per heavy atom. The van der Waals surface area contributed by atoms with E-state index in [4.69, 9.17) is 15.0 Å². The number of benzene rings is 7. The van der Waals surface area contributed by atoms with Crippen LogP contribution < -0.4 is 0 Å². The lowest BCUT2D eigenvalue weighted by atomic mass is 10.0. The Hall–Kier alpha value is -6.23. The van der Waals surface area contributed by atoms with Crippen molar-refractivity contribution in [3.8, 4) is 67.5 Å². The maximum absolute atomic E-state index is 5.17. The number of fused-ring (bicyclic) bond motifs is 3. The summed E-state index contributed by atoms with van der Waals surface area (Å²) in [4.78, 5) is 15.4. The summed E-state index contributed by atoms with van der Waals surface area (Å²) < 4.78 is 2.41. The third kappa shape index (κ3) is 5.58. The molecule has 4 heteroatoms. The van der Waals surface area contributed by atoms with E-state index in [9.17, 15) is 0 Å². The Bertz CT molecular complexity index is 2580. The van der Waals surface area contributed by atoms with Gasteiger partial charge in [-0.1, -0.05) is 152 Å². The van der Waals surface area contributed by atoms with Crippen LogP contribution in [0.15, 0.2) is 176 Å². The molecule has 9 aromatic rings. The molecule has 0 atom stereocenters. The molecule has 0 bridgehead atoms. The predicted octanol–water partition coefficient (Wildman–Crippen LogP) is 12.2. The van der Waals surface area contributed by atoms with Crippen molar-refractivity contribution in [1.29, 1.82) is 0 Å². The first-order valence-electron chi connectivity index (χ1n) is 16.4. The molecule has 0 unspecified atom stereocenters. The van der Waals surface area contributed by atoms with Crippen molar-refractivity contribution in [1.82, 2.24) is 15.0 Å². The highest BCUT2D eigenvalue weighted by Crippen LogP contribution is 2.41. The van der Waals surface area contributed by atoms with Crippen molar-refractivity contribution >= 4 is 31.5 Å². The first-order valence-corrected chi connectivity index (χ1v) is 17.2. The number of hydrogen-bond acceptors (Lipinski definition) is 4. The molecular weight excluding hydrogens is 615 g/mol. The molecular formula is C45H29N3S. The fourth-order valence-electron chi connectivity index (χ4n) is 6.45. The average molecular weight is 644 g/mol. The van der Waals surface area contributed by atoms with Gasteiger partial charge in [0.2, 0.25) is 0 Å². The van der Waals surface area contributed by atoms with Gasteiger partial charge in [0.25, 0.3) is 0 Å². The zero-order valence-electron chi connectivity index (χ0n) is 26.5. The minimum atomic E-state index is 0.647. The summed E-state index contributed by atoms with van der Waals surface area (Å²) in [7, 11) is 0. The van der Waals surface area contributed by atoms with Gasteiger partial charge in [0, 0.05) is 36.9 Å². The van der Waals surface area contributed by atoms with Crippen molar-refractivity contribution in [2.45, 2.75) is 0 Å². The van der Waals surface area contributed by atoms with Crippen LogP contribution in [-0.4, -0.2) is 15.0 Å². The highest BCUT2D eigenvalue weighted by atomic mass is 32.1.